The van der Waals surface area contributed by atoms with Gasteiger partial charge in [0.05, 0.1) is 5.54 Å². The highest BCUT2D eigenvalue weighted by Gasteiger charge is 2.21. The molecular weight excluding hydrogens is 265 g/mol. The van der Waals surface area contributed by atoms with Crippen LogP contribution >= 0.6 is 27.5 Å². The van der Waals surface area contributed by atoms with Crippen LogP contribution in [0.5, 0.6) is 0 Å². The molecule has 0 aliphatic carbocycles. The number of rotatable bonds is 2. The smallest absolute Gasteiger partial charge is 0.211 e. The highest BCUT2D eigenvalue weighted by atomic mass is 79.9. The van der Waals surface area contributed by atoms with E-state index in [2.05, 4.69) is 20.9 Å². The molecule has 1 rings (SSSR count). The number of isocyanates is 1. The number of hydrogen-bond donors (Lipinski definition) is 0. The molecule has 0 amide bonds. The maximum atomic E-state index is 10.2. The number of benzene rings is 1. The predicted molar refractivity (Wildman–Crippen MR) is 60.3 cm³/mol. The molecular formula is C10H9BrClNO. The summed E-state index contributed by atoms with van der Waals surface area (Å²) in [6.07, 6.45) is 1.57. The van der Waals surface area contributed by atoms with Crippen molar-refractivity contribution in [2.24, 2.45) is 4.99 Å². The molecule has 0 radical (unpaired) electrons. The molecule has 74 valence electrons. The Kier molecular flexibility index (Phi) is 3.48. The van der Waals surface area contributed by atoms with Gasteiger partial charge in [-0.1, -0.05) is 33.6 Å². The monoisotopic (exact) mass is 273 g/mol. The Balaban J connectivity index is 3.25. The van der Waals surface area contributed by atoms with Crippen molar-refractivity contribution in [3.8, 4) is 0 Å². The third-order valence-corrected chi connectivity index (χ3v) is 2.81. The van der Waals surface area contributed by atoms with Gasteiger partial charge in [0.1, 0.15) is 0 Å². The average Bonchev–Trinajstić information content (AvgIpc) is 2.02. The van der Waals surface area contributed by atoms with E-state index in [0.717, 1.165) is 10.0 Å². The van der Waals surface area contributed by atoms with E-state index in [0.29, 0.717) is 5.02 Å². The van der Waals surface area contributed by atoms with Crippen LogP contribution in [-0.2, 0) is 10.3 Å². The number of aliphatic imine (C=N–C) groups is 1. The number of halogens is 2. The SMILES string of the molecule is CC(C)(N=C=O)c1ccc(Cl)cc1Br. The molecule has 0 bridgehead atoms. The van der Waals surface area contributed by atoms with Crippen molar-refractivity contribution in [1.29, 1.82) is 0 Å². The summed E-state index contributed by atoms with van der Waals surface area (Å²) >= 11 is 9.18. The number of hydrogen-bond acceptors (Lipinski definition) is 2. The van der Waals surface area contributed by atoms with E-state index in [9.17, 15) is 4.79 Å². The van der Waals surface area contributed by atoms with Gasteiger partial charge in [0.15, 0.2) is 0 Å². The van der Waals surface area contributed by atoms with Crippen LogP contribution in [0.2, 0.25) is 5.02 Å². The summed E-state index contributed by atoms with van der Waals surface area (Å²) in [4.78, 5) is 14.0. The van der Waals surface area contributed by atoms with Gasteiger partial charge in [0, 0.05) is 9.50 Å². The standard InChI is InChI=1S/C10H9BrClNO/c1-10(2,13-6-14)8-4-3-7(12)5-9(8)11/h3-5H,1-2H3. The molecule has 0 saturated carbocycles. The lowest BCUT2D eigenvalue weighted by Gasteiger charge is -2.19. The fraction of sp³-hybridized carbons (Fsp3) is 0.300. The first-order valence-electron chi connectivity index (χ1n) is 4.02. The third-order valence-electron chi connectivity index (χ3n) is 1.92. The summed E-state index contributed by atoms with van der Waals surface area (Å²) in [7, 11) is 0. The van der Waals surface area contributed by atoms with Gasteiger partial charge in [-0.2, -0.15) is 4.99 Å². The maximum absolute atomic E-state index is 10.2. The summed E-state index contributed by atoms with van der Waals surface area (Å²) in [5, 5.41) is 0.645. The van der Waals surface area contributed by atoms with Crippen LogP contribution in [0, 0.1) is 0 Å². The van der Waals surface area contributed by atoms with Gasteiger partial charge in [-0.3, -0.25) is 0 Å². The Morgan fingerprint density at radius 2 is 2.14 bits per heavy atom. The van der Waals surface area contributed by atoms with Crippen LogP contribution in [-0.4, -0.2) is 6.08 Å². The van der Waals surface area contributed by atoms with Crippen molar-refractivity contribution < 1.29 is 4.79 Å². The molecule has 0 atom stereocenters. The zero-order valence-corrected chi connectivity index (χ0v) is 10.2. The van der Waals surface area contributed by atoms with Crippen LogP contribution in [0.4, 0.5) is 0 Å². The molecule has 1 aromatic rings. The predicted octanol–water partition coefficient (Wildman–Crippen LogP) is 3.67. The number of carbonyl (C=O) groups excluding carboxylic acids is 1. The van der Waals surface area contributed by atoms with Gasteiger partial charge in [-0.05, 0) is 31.5 Å². The minimum Gasteiger partial charge on any atom is -0.211 e. The molecule has 0 spiro atoms. The highest BCUT2D eigenvalue weighted by molar-refractivity contribution is 9.10. The molecule has 0 saturated heterocycles. The van der Waals surface area contributed by atoms with E-state index in [1.807, 2.05) is 19.9 Å². The van der Waals surface area contributed by atoms with E-state index in [1.54, 1.807) is 18.2 Å². The summed E-state index contributed by atoms with van der Waals surface area (Å²) < 4.78 is 0.842. The second kappa shape index (κ2) is 4.26. The fourth-order valence-corrected chi connectivity index (χ4v) is 2.33. The van der Waals surface area contributed by atoms with Crippen molar-refractivity contribution in [3.05, 3.63) is 33.3 Å². The van der Waals surface area contributed by atoms with Crippen molar-refractivity contribution in [2.45, 2.75) is 19.4 Å². The first-order valence-corrected chi connectivity index (χ1v) is 5.19. The molecule has 0 N–H and O–H groups in total. The lowest BCUT2D eigenvalue weighted by atomic mass is 9.95. The highest BCUT2D eigenvalue weighted by Crippen LogP contribution is 2.32. The average molecular weight is 275 g/mol. The minimum absolute atomic E-state index is 0.578. The molecule has 0 aliphatic heterocycles. The third kappa shape index (κ3) is 2.44. The van der Waals surface area contributed by atoms with Gasteiger partial charge >= 0.3 is 0 Å². The molecule has 4 heteroatoms. The first kappa shape index (κ1) is 11.4. The zero-order valence-electron chi connectivity index (χ0n) is 7.84. The van der Waals surface area contributed by atoms with Crippen LogP contribution in [0.25, 0.3) is 0 Å². The van der Waals surface area contributed by atoms with Crippen molar-refractivity contribution in [1.82, 2.24) is 0 Å². The maximum Gasteiger partial charge on any atom is 0.235 e. The van der Waals surface area contributed by atoms with Gasteiger partial charge in [-0.15, -0.1) is 0 Å². The largest absolute Gasteiger partial charge is 0.235 e. The van der Waals surface area contributed by atoms with Crippen molar-refractivity contribution in [3.63, 3.8) is 0 Å². The number of nitrogens with zero attached hydrogens (tertiary/aromatic N) is 1. The molecule has 14 heavy (non-hydrogen) atoms. The van der Waals surface area contributed by atoms with Crippen LogP contribution < -0.4 is 0 Å². The van der Waals surface area contributed by atoms with Gasteiger partial charge in [0.2, 0.25) is 6.08 Å². The van der Waals surface area contributed by atoms with Gasteiger partial charge < -0.3 is 0 Å². The van der Waals surface area contributed by atoms with Crippen molar-refractivity contribution >= 4 is 33.6 Å². The lowest BCUT2D eigenvalue weighted by Crippen LogP contribution is -2.14. The van der Waals surface area contributed by atoms with Crippen LogP contribution in [0.1, 0.15) is 19.4 Å². The molecule has 0 fully saturated rings. The quantitative estimate of drug-likeness (QED) is 0.597. The molecule has 1 aromatic carbocycles. The van der Waals surface area contributed by atoms with E-state index < -0.39 is 5.54 Å². The van der Waals surface area contributed by atoms with E-state index in [4.69, 9.17) is 11.6 Å². The summed E-state index contributed by atoms with van der Waals surface area (Å²) in [6, 6.07) is 5.38. The second-order valence-corrected chi connectivity index (χ2v) is 4.68. The fourth-order valence-electron chi connectivity index (χ4n) is 1.16. The lowest BCUT2D eigenvalue weighted by molar-refractivity contribution is 0.521. The van der Waals surface area contributed by atoms with Crippen LogP contribution in [0.3, 0.4) is 0 Å². The Morgan fingerprint density at radius 3 is 2.64 bits per heavy atom. The van der Waals surface area contributed by atoms with Gasteiger partial charge in [-0.25, -0.2) is 4.79 Å². The van der Waals surface area contributed by atoms with E-state index in [1.165, 1.54) is 0 Å². The molecule has 2 nitrogen and oxygen atoms in total. The minimum atomic E-state index is -0.578. The Labute approximate surface area is 96.1 Å². The molecule has 0 unspecified atom stereocenters. The van der Waals surface area contributed by atoms with E-state index in [-0.39, 0.29) is 0 Å². The van der Waals surface area contributed by atoms with Crippen molar-refractivity contribution in [2.75, 3.05) is 0 Å². The second-order valence-electron chi connectivity index (χ2n) is 3.39. The molecule has 0 aliphatic rings. The first-order chi connectivity index (χ1) is 6.47. The Morgan fingerprint density at radius 1 is 1.50 bits per heavy atom. The topological polar surface area (TPSA) is 29.4 Å². The molecule has 0 heterocycles. The normalized spacial score (nSPS) is 10.9. The Bertz CT molecular complexity index is 397. The molecule has 0 aromatic heterocycles. The van der Waals surface area contributed by atoms with Gasteiger partial charge in [0.25, 0.3) is 0 Å². The van der Waals surface area contributed by atoms with E-state index >= 15 is 0 Å². The Hall–Kier alpha value is -0.630. The summed E-state index contributed by atoms with van der Waals surface area (Å²) in [5.41, 5.74) is 0.329. The summed E-state index contributed by atoms with van der Waals surface area (Å²) in [6.45, 7) is 3.68. The van der Waals surface area contributed by atoms with Crippen LogP contribution in [0.15, 0.2) is 27.7 Å². The summed E-state index contributed by atoms with van der Waals surface area (Å²) in [5.74, 6) is 0. The zero-order chi connectivity index (χ0) is 10.8.